The van der Waals surface area contributed by atoms with Crippen LogP contribution >= 0.6 is 0 Å². The molecule has 0 radical (unpaired) electrons. The second kappa shape index (κ2) is 4.30. The van der Waals surface area contributed by atoms with Gasteiger partial charge in [-0.1, -0.05) is 0 Å². The normalized spacial score (nSPS) is 24.1. The molecule has 4 rings (SSSR count). The zero-order valence-electron chi connectivity index (χ0n) is 11.2. The van der Waals surface area contributed by atoms with Crippen LogP contribution in [0.25, 0.3) is 0 Å². The summed E-state index contributed by atoms with van der Waals surface area (Å²) >= 11 is 0. The molecule has 102 valence electrons. The molecular formula is C15H20N2O2. The molecular weight excluding hydrogens is 240 g/mol. The van der Waals surface area contributed by atoms with E-state index in [2.05, 4.69) is 22.3 Å². The van der Waals surface area contributed by atoms with Crippen LogP contribution in [0.1, 0.15) is 12.8 Å². The van der Waals surface area contributed by atoms with E-state index in [0.717, 1.165) is 11.5 Å². The first-order valence-corrected chi connectivity index (χ1v) is 7.20. The minimum absolute atomic E-state index is 0.519. The third kappa shape index (κ3) is 1.94. The van der Waals surface area contributed by atoms with Gasteiger partial charge in [0, 0.05) is 36.8 Å². The largest absolute Gasteiger partial charge is 0.486 e. The Kier molecular flexibility index (Phi) is 2.58. The summed E-state index contributed by atoms with van der Waals surface area (Å²) in [6.45, 7) is 6.01. The highest BCUT2D eigenvalue weighted by molar-refractivity contribution is 5.58. The highest BCUT2D eigenvalue weighted by Crippen LogP contribution is 2.42. The van der Waals surface area contributed by atoms with Crippen molar-refractivity contribution in [2.75, 3.05) is 44.3 Å². The predicted molar refractivity (Wildman–Crippen MR) is 74.2 cm³/mol. The molecule has 1 aromatic rings. The van der Waals surface area contributed by atoms with E-state index in [9.17, 15) is 0 Å². The Balaban J connectivity index is 1.49. The molecule has 1 spiro atoms. The smallest absolute Gasteiger partial charge is 0.163 e. The Morgan fingerprint density at radius 1 is 1.11 bits per heavy atom. The van der Waals surface area contributed by atoms with Gasteiger partial charge in [0.05, 0.1) is 0 Å². The summed E-state index contributed by atoms with van der Waals surface area (Å²) in [5.41, 5.74) is 1.78. The summed E-state index contributed by atoms with van der Waals surface area (Å²) in [7, 11) is 0. The van der Waals surface area contributed by atoms with E-state index in [4.69, 9.17) is 9.47 Å². The SMILES string of the molecule is c1cc2c(cc1N1CC3(CCCNC3)C1)OCCO2. The second-order valence-corrected chi connectivity index (χ2v) is 5.96. The first-order valence-electron chi connectivity index (χ1n) is 7.20. The van der Waals surface area contributed by atoms with Crippen molar-refractivity contribution in [3.05, 3.63) is 18.2 Å². The van der Waals surface area contributed by atoms with E-state index in [1.165, 1.54) is 44.7 Å². The summed E-state index contributed by atoms with van der Waals surface area (Å²) in [6, 6.07) is 6.31. The van der Waals surface area contributed by atoms with E-state index in [1.54, 1.807) is 0 Å². The van der Waals surface area contributed by atoms with Crippen LogP contribution in [0.2, 0.25) is 0 Å². The second-order valence-electron chi connectivity index (χ2n) is 5.96. The van der Waals surface area contributed by atoms with Crippen molar-refractivity contribution < 1.29 is 9.47 Å². The number of nitrogens with zero attached hydrogens (tertiary/aromatic N) is 1. The molecule has 3 aliphatic rings. The Morgan fingerprint density at radius 3 is 2.74 bits per heavy atom. The minimum atomic E-state index is 0.519. The molecule has 0 saturated carbocycles. The average molecular weight is 260 g/mol. The lowest BCUT2D eigenvalue weighted by Gasteiger charge is -2.53. The van der Waals surface area contributed by atoms with Crippen LogP contribution in [0.3, 0.4) is 0 Å². The number of ether oxygens (including phenoxy) is 2. The van der Waals surface area contributed by atoms with Gasteiger partial charge >= 0.3 is 0 Å². The molecule has 3 aliphatic heterocycles. The summed E-state index contributed by atoms with van der Waals surface area (Å²) in [6.07, 6.45) is 2.68. The third-order valence-electron chi connectivity index (χ3n) is 4.50. The highest BCUT2D eigenvalue weighted by atomic mass is 16.6. The molecule has 0 unspecified atom stereocenters. The number of nitrogens with one attached hydrogen (secondary N) is 1. The maximum absolute atomic E-state index is 5.66. The molecule has 0 atom stereocenters. The van der Waals surface area contributed by atoms with Gasteiger partial charge < -0.3 is 19.7 Å². The van der Waals surface area contributed by atoms with Gasteiger partial charge in [0.2, 0.25) is 0 Å². The number of rotatable bonds is 1. The lowest BCUT2D eigenvalue weighted by Crippen LogP contribution is -2.62. The maximum Gasteiger partial charge on any atom is 0.163 e. The monoisotopic (exact) mass is 260 g/mol. The lowest BCUT2D eigenvalue weighted by atomic mass is 9.74. The van der Waals surface area contributed by atoms with Gasteiger partial charge in [-0.05, 0) is 31.5 Å². The Labute approximate surface area is 113 Å². The topological polar surface area (TPSA) is 33.7 Å². The van der Waals surface area contributed by atoms with E-state index in [1.807, 2.05) is 6.07 Å². The summed E-state index contributed by atoms with van der Waals surface area (Å²) in [5.74, 6) is 1.77. The van der Waals surface area contributed by atoms with E-state index < -0.39 is 0 Å². The molecule has 4 heteroatoms. The lowest BCUT2D eigenvalue weighted by molar-refractivity contribution is 0.155. The molecule has 0 aromatic heterocycles. The molecule has 0 aliphatic carbocycles. The molecule has 2 fully saturated rings. The molecule has 1 aromatic carbocycles. The van der Waals surface area contributed by atoms with Crippen molar-refractivity contribution in [2.45, 2.75) is 12.8 Å². The standard InChI is InChI=1S/C15H20N2O2/c1-4-15(9-16-5-1)10-17(11-15)12-2-3-13-14(8-12)19-7-6-18-13/h2-3,8,16H,1,4-7,9-11H2. The van der Waals surface area contributed by atoms with Crippen molar-refractivity contribution in [3.8, 4) is 11.5 Å². The fourth-order valence-corrected chi connectivity index (χ4v) is 3.48. The van der Waals surface area contributed by atoms with Crippen LogP contribution in [-0.2, 0) is 0 Å². The van der Waals surface area contributed by atoms with Crippen LogP contribution in [0.4, 0.5) is 5.69 Å². The molecule has 3 heterocycles. The fourth-order valence-electron chi connectivity index (χ4n) is 3.48. The van der Waals surface area contributed by atoms with Crippen molar-refractivity contribution in [1.29, 1.82) is 0 Å². The quantitative estimate of drug-likeness (QED) is 0.832. The summed E-state index contributed by atoms with van der Waals surface area (Å²) in [4.78, 5) is 2.45. The molecule has 19 heavy (non-hydrogen) atoms. The van der Waals surface area contributed by atoms with Gasteiger partial charge in [-0.25, -0.2) is 0 Å². The van der Waals surface area contributed by atoms with E-state index in [-0.39, 0.29) is 0 Å². The van der Waals surface area contributed by atoms with Gasteiger partial charge in [-0.3, -0.25) is 0 Å². The van der Waals surface area contributed by atoms with Gasteiger partial charge in [-0.15, -0.1) is 0 Å². The number of benzene rings is 1. The van der Waals surface area contributed by atoms with E-state index >= 15 is 0 Å². The van der Waals surface area contributed by atoms with Gasteiger partial charge in [0.15, 0.2) is 11.5 Å². The van der Waals surface area contributed by atoms with Crippen molar-refractivity contribution >= 4 is 5.69 Å². The highest BCUT2D eigenvalue weighted by Gasteiger charge is 2.43. The Hall–Kier alpha value is -1.42. The average Bonchev–Trinajstić information content (AvgIpc) is 2.45. The zero-order valence-corrected chi connectivity index (χ0v) is 11.2. The Morgan fingerprint density at radius 2 is 1.95 bits per heavy atom. The van der Waals surface area contributed by atoms with Crippen LogP contribution in [-0.4, -0.2) is 39.4 Å². The number of hydrogen-bond donors (Lipinski definition) is 1. The zero-order chi connectivity index (χ0) is 12.7. The Bertz CT molecular complexity index is 475. The van der Waals surface area contributed by atoms with Crippen molar-refractivity contribution in [1.82, 2.24) is 5.32 Å². The molecule has 0 amide bonds. The number of fused-ring (bicyclic) bond motifs is 1. The minimum Gasteiger partial charge on any atom is -0.486 e. The van der Waals surface area contributed by atoms with Crippen LogP contribution in [0.15, 0.2) is 18.2 Å². The predicted octanol–water partition coefficient (Wildman–Crippen LogP) is 1.65. The summed E-state index contributed by atoms with van der Waals surface area (Å²) in [5, 5.41) is 3.53. The fraction of sp³-hybridized carbons (Fsp3) is 0.600. The van der Waals surface area contributed by atoms with Gasteiger partial charge in [0.25, 0.3) is 0 Å². The van der Waals surface area contributed by atoms with Crippen LogP contribution < -0.4 is 19.7 Å². The molecule has 0 bridgehead atoms. The summed E-state index contributed by atoms with van der Waals surface area (Å²) < 4.78 is 11.2. The molecule has 4 nitrogen and oxygen atoms in total. The van der Waals surface area contributed by atoms with Gasteiger partial charge in [0.1, 0.15) is 13.2 Å². The van der Waals surface area contributed by atoms with E-state index in [0.29, 0.717) is 18.6 Å². The first-order chi connectivity index (χ1) is 9.35. The van der Waals surface area contributed by atoms with Crippen LogP contribution in [0, 0.1) is 5.41 Å². The number of hydrogen-bond acceptors (Lipinski definition) is 4. The van der Waals surface area contributed by atoms with Crippen molar-refractivity contribution in [3.63, 3.8) is 0 Å². The first kappa shape index (κ1) is 11.4. The third-order valence-corrected chi connectivity index (χ3v) is 4.50. The molecule has 1 N–H and O–H groups in total. The van der Waals surface area contributed by atoms with Crippen LogP contribution in [0.5, 0.6) is 11.5 Å². The van der Waals surface area contributed by atoms with Gasteiger partial charge in [-0.2, -0.15) is 0 Å². The molecule has 2 saturated heterocycles. The van der Waals surface area contributed by atoms with Crippen molar-refractivity contribution in [2.24, 2.45) is 5.41 Å². The number of piperidine rings is 1. The number of anilines is 1. The maximum atomic E-state index is 5.66.